The maximum Gasteiger partial charge on any atom is 0.164 e. The first-order chi connectivity index (χ1) is 28.3. The number of benzene rings is 8. The molecule has 266 valence electrons. The lowest BCUT2D eigenvalue weighted by Gasteiger charge is -2.09. The van der Waals surface area contributed by atoms with Crippen molar-refractivity contribution < 1.29 is 4.42 Å². The number of aromatic nitrogens is 5. The maximum atomic E-state index is 6.76. The molecule has 0 aliphatic rings. The van der Waals surface area contributed by atoms with Crippen molar-refractivity contribution >= 4 is 65.6 Å². The molecule has 6 heteroatoms. The van der Waals surface area contributed by atoms with E-state index in [0.717, 1.165) is 82.8 Å². The van der Waals surface area contributed by atoms with Gasteiger partial charge in [-0.3, -0.25) is 0 Å². The van der Waals surface area contributed by atoms with Crippen LogP contribution in [0.5, 0.6) is 0 Å². The van der Waals surface area contributed by atoms with Crippen LogP contribution in [0.2, 0.25) is 0 Å². The fourth-order valence-corrected chi connectivity index (χ4v) is 8.62. The van der Waals surface area contributed by atoms with E-state index < -0.39 is 0 Å². The average molecular weight is 730 g/mol. The highest BCUT2D eigenvalue weighted by Gasteiger charge is 2.22. The van der Waals surface area contributed by atoms with Gasteiger partial charge in [-0.05, 0) is 60.7 Å². The topological polar surface area (TPSA) is 61.7 Å². The molecular formula is C51H31N5O. The van der Waals surface area contributed by atoms with Gasteiger partial charge in [-0.15, -0.1) is 0 Å². The minimum Gasteiger partial charge on any atom is -0.456 e. The van der Waals surface area contributed by atoms with Crippen LogP contribution in [0.3, 0.4) is 0 Å². The summed E-state index contributed by atoms with van der Waals surface area (Å²) in [5.74, 6) is 1.89. The summed E-state index contributed by atoms with van der Waals surface area (Å²) in [5.41, 5.74) is 11.1. The van der Waals surface area contributed by atoms with Gasteiger partial charge in [-0.1, -0.05) is 121 Å². The van der Waals surface area contributed by atoms with E-state index in [0.29, 0.717) is 17.5 Å². The summed E-state index contributed by atoms with van der Waals surface area (Å²) in [6.45, 7) is 0. The highest BCUT2D eigenvalue weighted by molar-refractivity contribution is 6.20. The van der Waals surface area contributed by atoms with Gasteiger partial charge in [0.1, 0.15) is 11.2 Å². The quantitative estimate of drug-likeness (QED) is 0.177. The molecule has 12 aromatic rings. The van der Waals surface area contributed by atoms with Gasteiger partial charge in [0.2, 0.25) is 0 Å². The number of rotatable bonds is 5. The van der Waals surface area contributed by atoms with Crippen LogP contribution >= 0.6 is 0 Å². The van der Waals surface area contributed by atoms with Crippen molar-refractivity contribution in [2.75, 3.05) is 0 Å². The molecule has 4 aromatic heterocycles. The van der Waals surface area contributed by atoms with Gasteiger partial charge >= 0.3 is 0 Å². The van der Waals surface area contributed by atoms with Crippen LogP contribution in [0.4, 0.5) is 0 Å². The second-order valence-electron chi connectivity index (χ2n) is 14.4. The molecule has 0 saturated heterocycles. The summed E-state index contributed by atoms with van der Waals surface area (Å²) in [6, 6.07) is 65.5. The third kappa shape index (κ3) is 4.87. The van der Waals surface area contributed by atoms with E-state index in [4.69, 9.17) is 19.4 Å². The molecule has 0 unspecified atom stereocenters. The van der Waals surface area contributed by atoms with E-state index in [2.05, 4.69) is 137 Å². The second kappa shape index (κ2) is 12.3. The SMILES string of the molecule is c1ccc(-c2nc(-c3ccccc3)nc(-c3ccc4c(c3)c3cc5c(cc3n4-c3ccccc3)oc3cccc(-n4c6ccccc6c6ccccc64)c35)n2)cc1. The summed E-state index contributed by atoms with van der Waals surface area (Å²) < 4.78 is 11.5. The smallest absolute Gasteiger partial charge is 0.164 e. The number of fused-ring (bicyclic) bond motifs is 9. The Morgan fingerprint density at radius 2 is 0.877 bits per heavy atom. The van der Waals surface area contributed by atoms with Crippen LogP contribution in [-0.4, -0.2) is 24.1 Å². The predicted molar refractivity (Wildman–Crippen MR) is 232 cm³/mol. The third-order valence-electron chi connectivity index (χ3n) is 11.2. The zero-order valence-corrected chi connectivity index (χ0v) is 30.5. The molecule has 12 rings (SSSR count). The van der Waals surface area contributed by atoms with Gasteiger partial charge in [0.25, 0.3) is 0 Å². The number of nitrogens with zero attached hydrogens (tertiary/aromatic N) is 5. The van der Waals surface area contributed by atoms with E-state index in [1.807, 2.05) is 60.7 Å². The van der Waals surface area contributed by atoms with Crippen LogP contribution in [0.25, 0.3) is 111 Å². The van der Waals surface area contributed by atoms with Crippen LogP contribution in [0.15, 0.2) is 192 Å². The summed E-state index contributed by atoms with van der Waals surface area (Å²) in [5, 5.41) is 6.80. The summed E-state index contributed by atoms with van der Waals surface area (Å²) in [7, 11) is 0. The standard InChI is InChI=1S/C51H31N5O/c1-4-15-32(16-5-1)49-52-50(33-17-6-2-7-18-33)54-51(53-49)34-27-28-43-38(29-34)39-30-40-47(31-45(39)55(43)35-19-8-3-9-20-35)57-46-26-14-25-44(48(40)46)56-41-23-12-10-21-36(41)37-22-11-13-24-42(37)56/h1-31H. The van der Waals surface area contributed by atoms with Gasteiger partial charge in [0.05, 0.1) is 33.1 Å². The Labute approximate surface area is 326 Å². The zero-order chi connectivity index (χ0) is 37.5. The lowest BCUT2D eigenvalue weighted by molar-refractivity contribution is 0.669. The molecule has 0 amide bonds. The molecule has 57 heavy (non-hydrogen) atoms. The first-order valence-electron chi connectivity index (χ1n) is 19.1. The van der Waals surface area contributed by atoms with E-state index in [9.17, 15) is 0 Å². The molecule has 0 aliphatic heterocycles. The zero-order valence-electron chi connectivity index (χ0n) is 30.5. The van der Waals surface area contributed by atoms with E-state index in [1.165, 1.54) is 10.8 Å². The summed E-state index contributed by atoms with van der Waals surface area (Å²) in [4.78, 5) is 15.1. The Morgan fingerprint density at radius 3 is 1.53 bits per heavy atom. The van der Waals surface area contributed by atoms with Crippen LogP contribution in [0.1, 0.15) is 0 Å². The van der Waals surface area contributed by atoms with Crippen LogP contribution < -0.4 is 0 Å². The number of hydrogen-bond acceptors (Lipinski definition) is 4. The summed E-state index contributed by atoms with van der Waals surface area (Å²) in [6.07, 6.45) is 0. The third-order valence-corrected chi connectivity index (χ3v) is 11.2. The number of para-hydroxylation sites is 3. The van der Waals surface area contributed by atoms with E-state index in [1.54, 1.807) is 0 Å². The van der Waals surface area contributed by atoms with Gasteiger partial charge in [-0.25, -0.2) is 15.0 Å². The number of furan rings is 1. The second-order valence-corrected chi connectivity index (χ2v) is 14.4. The maximum absolute atomic E-state index is 6.76. The molecule has 0 aliphatic carbocycles. The van der Waals surface area contributed by atoms with Gasteiger partial charge in [0.15, 0.2) is 17.5 Å². The molecule has 0 saturated carbocycles. The fraction of sp³-hybridized carbons (Fsp3) is 0. The Balaban J connectivity index is 1.14. The fourth-order valence-electron chi connectivity index (χ4n) is 8.62. The van der Waals surface area contributed by atoms with Gasteiger partial charge in [-0.2, -0.15) is 0 Å². The first kappa shape index (κ1) is 31.5. The van der Waals surface area contributed by atoms with Crippen molar-refractivity contribution in [1.82, 2.24) is 24.1 Å². The van der Waals surface area contributed by atoms with Gasteiger partial charge in [0, 0.05) is 55.4 Å². The molecule has 0 bridgehead atoms. The van der Waals surface area contributed by atoms with Crippen LogP contribution in [0, 0.1) is 0 Å². The minimum atomic E-state index is 0.619. The molecule has 0 radical (unpaired) electrons. The van der Waals surface area contributed by atoms with Crippen molar-refractivity contribution in [3.8, 4) is 45.5 Å². The molecule has 0 atom stereocenters. The van der Waals surface area contributed by atoms with E-state index in [-0.39, 0.29) is 0 Å². The van der Waals surface area contributed by atoms with Crippen molar-refractivity contribution in [1.29, 1.82) is 0 Å². The molecule has 0 fully saturated rings. The average Bonchev–Trinajstić information content (AvgIpc) is 3.93. The molecule has 6 nitrogen and oxygen atoms in total. The summed E-state index contributed by atoms with van der Waals surface area (Å²) >= 11 is 0. The highest BCUT2D eigenvalue weighted by atomic mass is 16.3. The molecule has 8 aromatic carbocycles. The van der Waals surface area contributed by atoms with Crippen molar-refractivity contribution in [3.63, 3.8) is 0 Å². The van der Waals surface area contributed by atoms with Crippen LogP contribution in [-0.2, 0) is 0 Å². The van der Waals surface area contributed by atoms with Crippen molar-refractivity contribution in [2.24, 2.45) is 0 Å². The van der Waals surface area contributed by atoms with Crippen molar-refractivity contribution in [2.45, 2.75) is 0 Å². The molecular weight excluding hydrogens is 699 g/mol. The lowest BCUT2D eigenvalue weighted by atomic mass is 10.0. The normalized spacial score (nSPS) is 11.9. The molecule has 0 N–H and O–H groups in total. The lowest BCUT2D eigenvalue weighted by Crippen LogP contribution is -2.00. The monoisotopic (exact) mass is 729 g/mol. The Kier molecular flexibility index (Phi) is 6.83. The van der Waals surface area contributed by atoms with Gasteiger partial charge < -0.3 is 13.6 Å². The van der Waals surface area contributed by atoms with Crippen molar-refractivity contribution in [3.05, 3.63) is 188 Å². The Bertz CT molecular complexity index is 3400. The first-order valence-corrected chi connectivity index (χ1v) is 19.1. The van der Waals surface area contributed by atoms with E-state index >= 15 is 0 Å². The number of hydrogen-bond donors (Lipinski definition) is 0. The Morgan fingerprint density at radius 1 is 0.333 bits per heavy atom. The molecule has 4 heterocycles. The Hall–Kier alpha value is -7.83. The predicted octanol–water partition coefficient (Wildman–Crippen LogP) is 13.0. The largest absolute Gasteiger partial charge is 0.456 e. The molecule has 0 spiro atoms. The highest BCUT2D eigenvalue weighted by Crippen LogP contribution is 2.43. The minimum absolute atomic E-state index is 0.619.